The molecule has 4 aromatic rings. The molecule has 0 saturated carbocycles. The van der Waals surface area contributed by atoms with Crippen LogP contribution in [0.4, 0.5) is 4.79 Å². The number of carbonyl (C=O) groups excluding carboxylic acids is 3. The standard InChI is InChI=1S/C32H48N2O5.C27H40N2O3/c1-5-6-7-8-9-10-11-12-13-18-29(35)38-24-34-28-17-15-14-16-26(28)23-27(30(34)36)25-19-21-33(22-20-25)31(37)39-32(2,3)4;1-2-3-4-5-6-7-8-9-10-15-26(30)32-21-29-25-14-12-11-13-23(25)20-24(27(29)31)22-16-18-28-19-17-22/h14-17,23,25H,5-13,18-22,24H2,1-4H3;11-14,20,22,28H,2-10,15-19,21H2,1H3. The molecule has 0 bridgehead atoms. The number of aromatic nitrogens is 2. The van der Waals surface area contributed by atoms with E-state index in [1.807, 2.05) is 81.4 Å². The minimum atomic E-state index is -0.536. The fraction of sp³-hybridized carbons (Fsp3) is 0.644. The monoisotopic (exact) mass is 981 g/mol. The van der Waals surface area contributed by atoms with E-state index in [0.29, 0.717) is 44.3 Å². The van der Waals surface area contributed by atoms with Crippen molar-refractivity contribution in [3.8, 4) is 0 Å². The van der Waals surface area contributed by atoms with Gasteiger partial charge in [0.1, 0.15) is 5.60 Å². The van der Waals surface area contributed by atoms with E-state index < -0.39 is 5.60 Å². The molecule has 0 unspecified atom stereocenters. The summed E-state index contributed by atoms with van der Waals surface area (Å²) in [6.07, 6.45) is 25.5. The average molecular weight is 981 g/mol. The lowest BCUT2D eigenvalue weighted by molar-refractivity contribution is -0.148. The summed E-state index contributed by atoms with van der Waals surface area (Å²) in [6, 6.07) is 19.6. The Morgan fingerprint density at radius 3 is 1.34 bits per heavy atom. The van der Waals surface area contributed by atoms with Crippen molar-refractivity contribution in [3.63, 3.8) is 0 Å². The predicted octanol–water partition coefficient (Wildman–Crippen LogP) is 13.4. The Balaban J connectivity index is 0.000000269. The molecule has 2 aliphatic rings. The molecule has 2 aromatic carbocycles. The minimum absolute atomic E-state index is 0.00554. The van der Waals surface area contributed by atoms with Gasteiger partial charge in [-0.3, -0.25) is 28.3 Å². The molecule has 4 heterocycles. The number of para-hydroxylation sites is 2. The SMILES string of the molecule is CCCCCCCCCCCC(=O)OCn1c(=O)c(C2CCN(C(=O)OC(C)(C)C)CC2)cc2ccccc21.CCCCCCCCCCCC(=O)OCn1c(=O)c(C2CCNCC2)cc2ccccc21. The van der Waals surface area contributed by atoms with Crippen molar-refractivity contribution < 1.29 is 28.6 Å². The molecule has 0 radical (unpaired) electrons. The van der Waals surface area contributed by atoms with E-state index in [1.165, 1.54) is 83.5 Å². The van der Waals surface area contributed by atoms with Gasteiger partial charge in [-0.1, -0.05) is 153 Å². The minimum Gasteiger partial charge on any atom is -0.444 e. The summed E-state index contributed by atoms with van der Waals surface area (Å²) in [7, 11) is 0. The lowest BCUT2D eigenvalue weighted by Gasteiger charge is -2.33. The third-order valence-corrected chi connectivity index (χ3v) is 14.1. The summed E-state index contributed by atoms with van der Waals surface area (Å²) in [6.45, 7) is 12.9. The van der Waals surface area contributed by atoms with Crippen LogP contribution in [-0.2, 0) is 37.3 Å². The van der Waals surface area contributed by atoms with Crippen LogP contribution in [0.1, 0.15) is 212 Å². The summed E-state index contributed by atoms with van der Waals surface area (Å²) in [5, 5.41) is 5.33. The number of esters is 2. The molecule has 0 atom stereocenters. The van der Waals surface area contributed by atoms with E-state index in [0.717, 1.165) is 85.4 Å². The first-order chi connectivity index (χ1) is 34.4. The Kier molecular flexibility index (Phi) is 24.7. The fourth-order valence-corrected chi connectivity index (χ4v) is 9.95. The van der Waals surface area contributed by atoms with Gasteiger partial charge in [-0.25, -0.2) is 4.79 Å². The number of nitrogens with one attached hydrogen (secondary N) is 1. The molecule has 2 aliphatic heterocycles. The molecule has 0 aliphatic carbocycles. The number of hydrogen-bond acceptors (Lipinski definition) is 9. The predicted molar refractivity (Wildman–Crippen MR) is 287 cm³/mol. The Labute approximate surface area is 424 Å². The molecular formula is C59H88N4O8. The normalized spacial score (nSPS) is 14.6. The largest absolute Gasteiger partial charge is 0.444 e. The zero-order valence-corrected chi connectivity index (χ0v) is 44.2. The van der Waals surface area contributed by atoms with Crippen molar-refractivity contribution in [1.82, 2.24) is 19.4 Å². The van der Waals surface area contributed by atoms with Crippen molar-refractivity contribution in [3.05, 3.63) is 92.5 Å². The number of unbranched alkanes of at least 4 members (excludes halogenated alkanes) is 16. The summed E-state index contributed by atoms with van der Waals surface area (Å²) >= 11 is 0. The van der Waals surface area contributed by atoms with Crippen LogP contribution in [0.15, 0.2) is 70.3 Å². The maximum Gasteiger partial charge on any atom is 0.410 e. The van der Waals surface area contributed by atoms with Crippen LogP contribution in [0.25, 0.3) is 21.8 Å². The number of ether oxygens (including phenoxy) is 3. The van der Waals surface area contributed by atoms with Crippen LogP contribution >= 0.6 is 0 Å². The van der Waals surface area contributed by atoms with Gasteiger partial charge in [-0.15, -0.1) is 0 Å². The average Bonchev–Trinajstić information content (AvgIpc) is 3.37. The highest BCUT2D eigenvalue weighted by atomic mass is 16.6. The maximum atomic E-state index is 13.6. The molecule has 0 spiro atoms. The first-order valence-electron chi connectivity index (χ1n) is 27.6. The molecule has 71 heavy (non-hydrogen) atoms. The Bertz CT molecular complexity index is 2350. The van der Waals surface area contributed by atoms with Gasteiger partial charge in [0.05, 0.1) is 11.0 Å². The summed E-state index contributed by atoms with van der Waals surface area (Å²) in [5.74, 6) is -0.178. The number of carbonyl (C=O) groups is 3. The highest BCUT2D eigenvalue weighted by Crippen LogP contribution is 2.30. The van der Waals surface area contributed by atoms with Crippen molar-refractivity contribution in [1.29, 1.82) is 0 Å². The molecule has 392 valence electrons. The molecule has 2 aromatic heterocycles. The van der Waals surface area contributed by atoms with E-state index in [4.69, 9.17) is 14.2 Å². The number of pyridine rings is 2. The van der Waals surface area contributed by atoms with Gasteiger partial charge in [-0.05, 0) is 119 Å². The number of rotatable bonds is 26. The van der Waals surface area contributed by atoms with Gasteiger partial charge in [0.2, 0.25) is 0 Å². The van der Waals surface area contributed by atoms with Gasteiger partial charge in [0, 0.05) is 37.1 Å². The van der Waals surface area contributed by atoms with E-state index >= 15 is 0 Å². The number of fused-ring (bicyclic) bond motifs is 2. The van der Waals surface area contributed by atoms with E-state index in [9.17, 15) is 24.0 Å². The summed E-state index contributed by atoms with van der Waals surface area (Å²) in [4.78, 5) is 65.8. The van der Waals surface area contributed by atoms with Gasteiger partial charge in [-0.2, -0.15) is 0 Å². The van der Waals surface area contributed by atoms with Crippen molar-refractivity contribution in [2.45, 2.75) is 220 Å². The first kappa shape index (κ1) is 56.9. The highest BCUT2D eigenvalue weighted by molar-refractivity contribution is 5.81. The second-order valence-corrected chi connectivity index (χ2v) is 21.0. The van der Waals surface area contributed by atoms with E-state index in [2.05, 4.69) is 19.2 Å². The quantitative estimate of drug-likeness (QED) is 0.0370. The van der Waals surface area contributed by atoms with Crippen LogP contribution in [0, 0.1) is 0 Å². The third-order valence-electron chi connectivity index (χ3n) is 14.1. The lowest BCUT2D eigenvalue weighted by Crippen LogP contribution is -2.42. The molecule has 1 N–H and O–H groups in total. The van der Waals surface area contributed by atoms with Crippen LogP contribution in [0.2, 0.25) is 0 Å². The smallest absolute Gasteiger partial charge is 0.410 e. The zero-order valence-electron chi connectivity index (χ0n) is 44.2. The molecule has 6 rings (SSSR count). The number of piperidine rings is 2. The van der Waals surface area contributed by atoms with Gasteiger partial charge in [0.25, 0.3) is 11.1 Å². The Hall–Kier alpha value is -4.97. The zero-order chi connectivity index (χ0) is 50.9. The Morgan fingerprint density at radius 2 is 0.930 bits per heavy atom. The second kappa shape index (κ2) is 30.8. The number of nitrogens with zero attached hydrogens (tertiary/aromatic N) is 3. The van der Waals surface area contributed by atoms with E-state index in [1.54, 1.807) is 14.0 Å². The van der Waals surface area contributed by atoms with Crippen LogP contribution in [-0.4, -0.2) is 63.8 Å². The highest BCUT2D eigenvalue weighted by Gasteiger charge is 2.29. The lowest BCUT2D eigenvalue weighted by atomic mass is 9.89. The molecule has 1 amide bonds. The van der Waals surface area contributed by atoms with Crippen molar-refractivity contribution in [2.24, 2.45) is 0 Å². The number of amides is 1. The molecular weight excluding hydrogens is 893 g/mol. The summed E-state index contributed by atoms with van der Waals surface area (Å²) in [5.41, 5.74) is 2.46. The van der Waals surface area contributed by atoms with Crippen molar-refractivity contribution >= 4 is 39.8 Å². The maximum absolute atomic E-state index is 13.6. The van der Waals surface area contributed by atoms with Gasteiger partial charge in [0.15, 0.2) is 13.5 Å². The first-order valence-corrected chi connectivity index (χ1v) is 27.6. The number of likely N-dealkylation sites (tertiary alicyclic amines) is 1. The van der Waals surface area contributed by atoms with Crippen LogP contribution in [0.5, 0.6) is 0 Å². The molecule has 12 nitrogen and oxygen atoms in total. The molecule has 12 heteroatoms. The third kappa shape index (κ3) is 19.2. The van der Waals surface area contributed by atoms with Crippen LogP contribution < -0.4 is 16.4 Å². The summed E-state index contributed by atoms with van der Waals surface area (Å²) < 4.78 is 19.9. The topological polar surface area (TPSA) is 138 Å². The van der Waals surface area contributed by atoms with E-state index in [-0.39, 0.29) is 54.4 Å². The Morgan fingerprint density at radius 1 is 0.549 bits per heavy atom. The fourth-order valence-electron chi connectivity index (χ4n) is 9.95. The van der Waals surface area contributed by atoms with Crippen LogP contribution in [0.3, 0.4) is 0 Å². The van der Waals surface area contributed by atoms with Crippen molar-refractivity contribution in [2.75, 3.05) is 26.2 Å². The van der Waals surface area contributed by atoms with Gasteiger partial charge < -0.3 is 24.4 Å². The number of hydrogen-bond donors (Lipinski definition) is 1. The number of benzene rings is 2. The second-order valence-electron chi connectivity index (χ2n) is 21.0. The molecule has 2 fully saturated rings. The molecule has 2 saturated heterocycles. The van der Waals surface area contributed by atoms with Gasteiger partial charge >= 0.3 is 18.0 Å².